The second kappa shape index (κ2) is 8.88. The number of benzene rings is 1. The molecule has 1 aromatic carbocycles. The smallest absolute Gasteiger partial charge is 0.333 e. The van der Waals surface area contributed by atoms with E-state index in [0.29, 0.717) is 12.1 Å². The Morgan fingerprint density at radius 3 is 2.06 bits per heavy atom. The molecule has 0 bridgehead atoms. The van der Waals surface area contributed by atoms with Crippen LogP contribution in [0.2, 0.25) is 0 Å². The lowest BCUT2D eigenvalue weighted by Gasteiger charge is -2.26. The summed E-state index contributed by atoms with van der Waals surface area (Å²) in [6.07, 6.45) is -7.54. The summed E-state index contributed by atoms with van der Waals surface area (Å²) >= 11 is 0. The maximum absolute atomic E-state index is 13.2. The number of carbonyl (C=O) groups excluding carboxylic acids is 1. The van der Waals surface area contributed by atoms with Crippen molar-refractivity contribution in [2.24, 2.45) is 7.05 Å². The first-order valence-corrected chi connectivity index (χ1v) is 9.62. The highest BCUT2D eigenvalue weighted by Gasteiger charge is 2.38. The van der Waals surface area contributed by atoms with E-state index in [1.807, 2.05) is 0 Å². The van der Waals surface area contributed by atoms with E-state index in [9.17, 15) is 35.9 Å². The Kier molecular flexibility index (Phi) is 6.49. The Hall–Kier alpha value is -3.77. The Balaban J connectivity index is 2.03. The SMILES string of the molecule is CC(c1nccnc1-c1ccc(=O)n(C)n1)N(C)C(=O)c1cc(C(F)(F)F)cc(C(F)(F)F)c1. The fraction of sp³-hybridized carbons (Fsp3) is 0.286. The van der Waals surface area contributed by atoms with Crippen molar-refractivity contribution in [3.05, 3.63) is 75.5 Å². The normalized spacial score (nSPS) is 13.0. The predicted octanol–water partition coefficient (Wildman–Crippen LogP) is 4.11. The molecule has 3 rings (SSSR count). The zero-order chi connectivity index (χ0) is 25.4. The third-order valence-electron chi connectivity index (χ3n) is 5.06. The van der Waals surface area contributed by atoms with Crippen LogP contribution in [0.1, 0.15) is 40.1 Å². The summed E-state index contributed by atoms with van der Waals surface area (Å²) in [7, 11) is 2.62. The molecule has 1 atom stereocenters. The third-order valence-corrected chi connectivity index (χ3v) is 5.06. The Morgan fingerprint density at radius 2 is 1.53 bits per heavy atom. The van der Waals surface area contributed by atoms with Gasteiger partial charge in [-0.3, -0.25) is 19.6 Å². The number of hydrogen-bond donors (Lipinski definition) is 0. The minimum absolute atomic E-state index is 0.0493. The molecule has 34 heavy (non-hydrogen) atoms. The quantitative estimate of drug-likeness (QED) is 0.520. The first-order valence-electron chi connectivity index (χ1n) is 9.62. The molecule has 0 aliphatic heterocycles. The van der Waals surface area contributed by atoms with Gasteiger partial charge in [-0.2, -0.15) is 31.4 Å². The van der Waals surface area contributed by atoms with Crippen LogP contribution >= 0.6 is 0 Å². The summed E-state index contributed by atoms with van der Waals surface area (Å²) in [4.78, 5) is 33.9. The number of aryl methyl sites for hydroxylation is 1. The van der Waals surface area contributed by atoms with Gasteiger partial charge >= 0.3 is 12.4 Å². The van der Waals surface area contributed by atoms with E-state index < -0.39 is 41.0 Å². The van der Waals surface area contributed by atoms with Crippen molar-refractivity contribution >= 4 is 5.91 Å². The Labute approximate surface area is 188 Å². The molecule has 7 nitrogen and oxygen atoms in total. The fourth-order valence-corrected chi connectivity index (χ4v) is 3.12. The molecular formula is C21H17F6N5O2. The van der Waals surface area contributed by atoms with Crippen molar-refractivity contribution in [3.8, 4) is 11.4 Å². The van der Waals surface area contributed by atoms with E-state index in [0.717, 1.165) is 9.58 Å². The van der Waals surface area contributed by atoms with Crippen molar-refractivity contribution in [2.45, 2.75) is 25.3 Å². The average molecular weight is 485 g/mol. The van der Waals surface area contributed by atoms with Gasteiger partial charge in [-0.25, -0.2) is 4.68 Å². The van der Waals surface area contributed by atoms with E-state index in [1.165, 1.54) is 45.5 Å². The number of carbonyl (C=O) groups is 1. The van der Waals surface area contributed by atoms with Crippen LogP contribution in [-0.4, -0.2) is 37.6 Å². The lowest BCUT2D eigenvalue weighted by atomic mass is 10.0. The minimum Gasteiger partial charge on any atom is -0.333 e. The highest BCUT2D eigenvalue weighted by atomic mass is 19.4. The summed E-state index contributed by atoms with van der Waals surface area (Å²) in [6.45, 7) is 1.48. The van der Waals surface area contributed by atoms with Crippen LogP contribution in [0.25, 0.3) is 11.4 Å². The van der Waals surface area contributed by atoms with Crippen molar-refractivity contribution in [1.29, 1.82) is 0 Å². The Morgan fingerprint density at radius 1 is 0.971 bits per heavy atom. The van der Waals surface area contributed by atoms with Crippen molar-refractivity contribution < 1.29 is 31.1 Å². The van der Waals surface area contributed by atoms with Crippen LogP contribution in [-0.2, 0) is 19.4 Å². The van der Waals surface area contributed by atoms with Gasteiger partial charge in [-0.15, -0.1) is 0 Å². The molecule has 0 radical (unpaired) electrons. The number of aromatic nitrogens is 4. The topological polar surface area (TPSA) is 81.0 Å². The molecule has 3 aromatic rings. The van der Waals surface area contributed by atoms with Gasteiger partial charge < -0.3 is 4.90 Å². The van der Waals surface area contributed by atoms with Gasteiger partial charge in [0.05, 0.1) is 22.9 Å². The van der Waals surface area contributed by atoms with E-state index in [4.69, 9.17) is 0 Å². The average Bonchev–Trinajstić information content (AvgIpc) is 2.78. The number of halogens is 6. The number of amides is 1. The summed E-state index contributed by atoms with van der Waals surface area (Å²) in [5.41, 5.74) is -3.78. The summed E-state index contributed by atoms with van der Waals surface area (Å²) in [5.74, 6) is -1.09. The van der Waals surface area contributed by atoms with Gasteiger partial charge in [0, 0.05) is 38.1 Å². The molecule has 0 aliphatic carbocycles. The van der Waals surface area contributed by atoms with Crippen LogP contribution in [0, 0.1) is 0 Å². The van der Waals surface area contributed by atoms with Gasteiger partial charge in [-0.05, 0) is 31.2 Å². The van der Waals surface area contributed by atoms with Gasteiger partial charge in [0.1, 0.15) is 11.4 Å². The van der Waals surface area contributed by atoms with Crippen LogP contribution in [0.4, 0.5) is 26.3 Å². The molecular weight excluding hydrogens is 468 g/mol. The molecule has 180 valence electrons. The highest BCUT2D eigenvalue weighted by molar-refractivity contribution is 5.95. The molecule has 0 saturated carbocycles. The molecule has 0 aliphatic rings. The largest absolute Gasteiger partial charge is 0.416 e. The molecule has 0 spiro atoms. The molecule has 13 heteroatoms. The van der Waals surface area contributed by atoms with E-state index >= 15 is 0 Å². The van der Waals surface area contributed by atoms with Crippen LogP contribution in [0.5, 0.6) is 0 Å². The Bertz CT molecular complexity index is 1250. The van der Waals surface area contributed by atoms with Gasteiger partial charge in [0.15, 0.2) is 0 Å². The fourth-order valence-electron chi connectivity index (χ4n) is 3.12. The predicted molar refractivity (Wildman–Crippen MR) is 107 cm³/mol. The van der Waals surface area contributed by atoms with Crippen molar-refractivity contribution in [3.63, 3.8) is 0 Å². The number of nitrogens with zero attached hydrogens (tertiary/aromatic N) is 5. The summed E-state index contributed by atoms with van der Waals surface area (Å²) < 4.78 is 80.2. The summed E-state index contributed by atoms with van der Waals surface area (Å²) in [5, 5.41) is 4.07. The first-order chi connectivity index (χ1) is 15.7. The minimum atomic E-state index is -5.09. The lowest BCUT2D eigenvalue weighted by Crippen LogP contribution is -2.31. The van der Waals surface area contributed by atoms with Gasteiger partial charge in [0.25, 0.3) is 11.5 Å². The molecule has 1 amide bonds. The zero-order valence-corrected chi connectivity index (χ0v) is 17.9. The van der Waals surface area contributed by atoms with Crippen molar-refractivity contribution in [2.75, 3.05) is 7.05 Å². The monoisotopic (exact) mass is 485 g/mol. The summed E-state index contributed by atoms with van der Waals surface area (Å²) in [6, 6.07) is 2.37. The highest BCUT2D eigenvalue weighted by Crippen LogP contribution is 2.37. The van der Waals surface area contributed by atoms with Crippen LogP contribution in [0.3, 0.4) is 0 Å². The first kappa shape index (κ1) is 24.9. The van der Waals surface area contributed by atoms with E-state index in [-0.39, 0.29) is 28.7 Å². The van der Waals surface area contributed by atoms with Gasteiger partial charge in [-0.1, -0.05) is 0 Å². The van der Waals surface area contributed by atoms with Crippen LogP contribution < -0.4 is 5.56 Å². The second-order valence-electron chi connectivity index (χ2n) is 7.36. The van der Waals surface area contributed by atoms with Crippen molar-refractivity contribution in [1.82, 2.24) is 24.6 Å². The molecule has 0 N–H and O–H groups in total. The maximum Gasteiger partial charge on any atom is 0.416 e. The van der Waals surface area contributed by atoms with Gasteiger partial charge in [0.2, 0.25) is 0 Å². The maximum atomic E-state index is 13.2. The lowest BCUT2D eigenvalue weighted by molar-refractivity contribution is -0.143. The number of rotatable bonds is 4. The standard InChI is InChI=1S/C21H17F6N5O2/c1-11(17-18(29-7-6-28-17)15-4-5-16(33)32(3)30-15)31(2)19(34)12-8-13(20(22,23)24)10-14(9-12)21(25,26)27/h4-11H,1-3H3. The zero-order valence-electron chi connectivity index (χ0n) is 17.9. The third kappa shape index (κ3) is 5.07. The number of hydrogen-bond acceptors (Lipinski definition) is 5. The molecule has 2 heterocycles. The second-order valence-corrected chi connectivity index (χ2v) is 7.36. The van der Waals surface area contributed by atoms with E-state index in [1.54, 1.807) is 0 Å². The van der Waals surface area contributed by atoms with Crippen LogP contribution in [0.15, 0.2) is 47.5 Å². The molecule has 0 fully saturated rings. The molecule has 0 saturated heterocycles. The molecule has 1 unspecified atom stereocenters. The number of alkyl halides is 6. The molecule has 2 aromatic heterocycles. The van der Waals surface area contributed by atoms with E-state index in [2.05, 4.69) is 15.1 Å².